The first-order valence-corrected chi connectivity index (χ1v) is 14.1. The van der Waals surface area contributed by atoms with Crippen LogP contribution < -0.4 is 0 Å². The number of benzene rings is 1. The molecule has 0 N–H and O–H groups in total. The molecule has 0 fully saturated rings. The monoisotopic (exact) mass is 396 g/mol. The normalized spacial score (nSPS) is 12.6. The molecule has 1 atom stereocenters. The SMILES string of the molecule is CCOC(=S)SC(CCC(=O)CCCCc1ccccc1)[Si](C)(C)C. The quantitative estimate of drug-likeness (QED) is 0.258. The van der Waals surface area contributed by atoms with Gasteiger partial charge in [-0.1, -0.05) is 61.7 Å². The molecule has 1 aromatic carbocycles. The molecule has 0 aromatic heterocycles. The summed E-state index contributed by atoms with van der Waals surface area (Å²) in [6.45, 7) is 9.58. The molecule has 1 rings (SSSR count). The number of hydrogen-bond acceptors (Lipinski definition) is 4. The number of aryl methyl sites for hydroxylation is 1. The van der Waals surface area contributed by atoms with Gasteiger partial charge in [0.05, 0.1) is 14.7 Å². The molecule has 0 amide bonds. The molecule has 0 spiro atoms. The number of unbranched alkanes of at least 4 members (excludes halogenated alkanes) is 1. The molecule has 0 aliphatic rings. The van der Waals surface area contributed by atoms with E-state index in [1.54, 1.807) is 11.8 Å². The van der Waals surface area contributed by atoms with Gasteiger partial charge in [0.25, 0.3) is 0 Å². The lowest BCUT2D eigenvalue weighted by Crippen LogP contribution is -2.37. The molecule has 0 saturated carbocycles. The largest absolute Gasteiger partial charge is 0.479 e. The molecule has 2 nitrogen and oxygen atoms in total. The van der Waals surface area contributed by atoms with Crippen molar-refractivity contribution in [2.45, 2.75) is 70.0 Å². The van der Waals surface area contributed by atoms with Crippen LogP contribution in [0.25, 0.3) is 0 Å². The molecule has 0 aliphatic heterocycles. The zero-order chi connectivity index (χ0) is 18.7. The maximum absolute atomic E-state index is 12.2. The first-order chi connectivity index (χ1) is 11.8. The Kier molecular flexibility index (Phi) is 10.6. The van der Waals surface area contributed by atoms with E-state index < -0.39 is 8.07 Å². The molecular weight excluding hydrogens is 364 g/mol. The molecule has 0 bridgehead atoms. The van der Waals surface area contributed by atoms with Gasteiger partial charge in [-0.05, 0) is 50.4 Å². The molecule has 140 valence electrons. The van der Waals surface area contributed by atoms with Gasteiger partial charge in [0.1, 0.15) is 5.78 Å². The fraction of sp³-hybridized carbons (Fsp3) is 0.600. The van der Waals surface area contributed by atoms with Crippen LogP contribution in [-0.4, -0.2) is 29.7 Å². The summed E-state index contributed by atoms with van der Waals surface area (Å²) in [7, 11) is -1.38. The highest BCUT2D eigenvalue weighted by molar-refractivity contribution is 8.23. The molecule has 1 aromatic rings. The number of ether oxygens (including phenoxy) is 1. The minimum Gasteiger partial charge on any atom is -0.479 e. The fourth-order valence-corrected chi connectivity index (χ4v) is 6.77. The van der Waals surface area contributed by atoms with Gasteiger partial charge in [-0.25, -0.2) is 0 Å². The predicted molar refractivity (Wildman–Crippen MR) is 117 cm³/mol. The van der Waals surface area contributed by atoms with E-state index >= 15 is 0 Å². The number of Topliss-reactive ketones (excluding diaryl/α,β-unsaturated/α-hetero) is 1. The molecule has 1 unspecified atom stereocenters. The van der Waals surface area contributed by atoms with Gasteiger partial charge in [-0.3, -0.25) is 4.79 Å². The Balaban J connectivity index is 2.30. The number of thioether (sulfide) groups is 1. The molecule has 0 radical (unpaired) electrons. The Morgan fingerprint density at radius 2 is 1.84 bits per heavy atom. The number of thiocarbonyl (C=S) groups is 1. The van der Waals surface area contributed by atoms with Crippen LogP contribution in [0.5, 0.6) is 0 Å². The van der Waals surface area contributed by atoms with Gasteiger partial charge in [0.15, 0.2) is 0 Å². The fourth-order valence-electron chi connectivity index (χ4n) is 2.65. The highest BCUT2D eigenvalue weighted by Gasteiger charge is 2.29. The topological polar surface area (TPSA) is 26.3 Å². The summed E-state index contributed by atoms with van der Waals surface area (Å²) in [6.07, 6.45) is 5.41. The van der Waals surface area contributed by atoms with Crippen LogP contribution in [0.15, 0.2) is 30.3 Å². The Morgan fingerprint density at radius 3 is 2.44 bits per heavy atom. The summed E-state index contributed by atoms with van der Waals surface area (Å²) in [6, 6.07) is 10.5. The van der Waals surface area contributed by atoms with Crippen LogP contribution in [0.4, 0.5) is 0 Å². The van der Waals surface area contributed by atoms with E-state index in [2.05, 4.69) is 43.9 Å². The second-order valence-corrected chi connectivity index (χ2v) is 15.1. The van der Waals surface area contributed by atoms with Crippen LogP contribution in [0.1, 0.15) is 44.6 Å². The third-order valence-electron chi connectivity index (χ3n) is 4.17. The van der Waals surface area contributed by atoms with Crippen LogP contribution in [0.2, 0.25) is 19.6 Å². The summed E-state index contributed by atoms with van der Waals surface area (Å²) in [5.41, 5.74) is 1.36. The van der Waals surface area contributed by atoms with Crippen LogP contribution in [0, 0.1) is 0 Å². The Morgan fingerprint density at radius 1 is 1.16 bits per heavy atom. The number of rotatable bonds is 11. The Bertz CT molecular complexity index is 526. The van der Waals surface area contributed by atoms with Crippen molar-refractivity contribution in [2.75, 3.05) is 6.61 Å². The molecule has 25 heavy (non-hydrogen) atoms. The molecular formula is C20H32O2S2Si. The summed E-state index contributed by atoms with van der Waals surface area (Å²) in [5, 5.41) is 0. The summed E-state index contributed by atoms with van der Waals surface area (Å²) < 4.78 is 6.06. The van der Waals surface area contributed by atoms with Crippen molar-refractivity contribution in [1.29, 1.82) is 0 Å². The van der Waals surface area contributed by atoms with Crippen LogP contribution in [0.3, 0.4) is 0 Å². The van der Waals surface area contributed by atoms with Crippen molar-refractivity contribution < 1.29 is 9.53 Å². The van der Waals surface area contributed by atoms with Gasteiger partial charge in [0.2, 0.25) is 4.38 Å². The summed E-state index contributed by atoms with van der Waals surface area (Å²) >= 11 is 6.95. The van der Waals surface area contributed by atoms with E-state index in [0.717, 1.165) is 25.7 Å². The molecule has 0 saturated heterocycles. The van der Waals surface area contributed by atoms with Gasteiger partial charge in [-0.15, -0.1) is 0 Å². The van der Waals surface area contributed by atoms with Gasteiger partial charge in [-0.2, -0.15) is 0 Å². The second kappa shape index (κ2) is 11.9. The van der Waals surface area contributed by atoms with Crippen molar-refractivity contribution in [1.82, 2.24) is 0 Å². The zero-order valence-electron chi connectivity index (χ0n) is 16.0. The molecule has 0 heterocycles. The number of hydrogen-bond donors (Lipinski definition) is 0. The maximum atomic E-state index is 12.2. The Labute approximate surface area is 164 Å². The number of ketones is 1. The van der Waals surface area contributed by atoms with E-state index in [-0.39, 0.29) is 0 Å². The van der Waals surface area contributed by atoms with Crippen molar-refractivity contribution >= 4 is 42.2 Å². The first kappa shape index (κ1) is 22.4. The summed E-state index contributed by atoms with van der Waals surface area (Å²) in [4.78, 5) is 12.7. The number of carbonyl (C=O) groups excluding carboxylic acids is 1. The van der Waals surface area contributed by atoms with E-state index in [9.17, 15) is 4.79 Å². The average Bonchev–Trinajstić information content (AvgIpc) is 2.55. The van der Waals surface area contributed by atoms with Crippen LogP contribution in [-0.2, 0) is 16.0 Å². The van der Waals surface area contributed by atoms with Gasteiger partial charge in [0, 0.05) is 17.7 Å². The van der Waals surface area contributed by atoms with E-state index in [0.29, 0.717) is 34.5 Å². The van der Waals surface area contributed by atoms with E-state index in [1.165, 1.54) is 5.56 Å². The Hall–Kier alpha value is -0.653. The molecule has 0 aliphatic carbocycles. The lowest BCUT2D eigenvalue weighted by atomic mass is 10.0. The van der Waals surface area contributed by atoms with Crippen molar-refractivity contribution in [3.63, 3.8) is 0 Å². The number of carbonyl (C=O) groups is 1. The van der Waals surface area contributed by atoms with Crippen molar-refractivity contribution in [3.8, 4) is 0 Å². The second-order valence-electron chi connectivity index (χ2n) is 7.43. The third-order valence-corrected chi connectivity index (χ3v) is 10.1. The predicted octanol–water partition coefficient (Wildman–Crippen LogP) is 6.05. The lowest BCUT2D eigenvalue weighted by Gasteiger charge is -2.28. The van der Waals surface area contributed by atoms with E-state index in [1.807, 2.05) is 13.0 Å². The first-order valence-electron chi connectivity index (χ1n) is 9.22. The van der Waals surface area contributed by atoms with Crippen molar-refractivity contribution in [3.05, 3.63) is 35.9 Å². The minimum absolute atomic E-state index is 0.388. The maximum Gasteiger partial charge on any atom is 0.219 e. The highest BCUT2D eigenvalue weighted by Crippen LogP contribution is 2.28. The van der Waals surface area contributed by atoms with E-state index in [4.69, 9.17) is 17.0 Å². The minimum atomic E-state index is -1.38. The average molecular weight is 397 g/mol. The summed E-state index contributed by atoms with van der Waals surface area (Å²) in [5.74, 6) is 0.388. The van der Waals surface area contributed by atoms with Gasteiger partial charge >= 0.3 is 0 Å². The lowest BCUT2D eigenvalue weighted by molar-refractivity contribution is -0.119. The van der Waals surface area contributed by atoms with Crippen LogP contribution >= 0.6 is 24.0 Å². The highest BCUT2D eigenvalue weighted by atomic mass is 32.2. The third kappa shape index (κ3) is 10.2. The smallest absolute Gasteiger partial charge is 0.219 e. The molecule has 5 heteroatoms. The van der Waals surface area contributed by atoms with Gasteiger partial charge < -0.3 is 4.74 Å². The zero-order valence-corrected chi connectivity index (χ0v) is 18.7. The standard InChI is InChI=1S/C20H32O2S2Si/c1-5-22-20(23)24-19(25(2,3)4)16-15-18(21)14-10-9-13-17-11-7-6-8-12-17/h6-8,11-12,19H,5,9-10,13-16H2,1-4H3. The van der Waals surface area contributed by atoms with Crippen molar-refractivity contribution in [2.24, 2.45) is 0 Å².